The van der Waals surface area contributed by atoms with Gasteiger partial charge in [-0.15, -0.1) is 0 Å². The van der Waals surface area contributed by atoms with Crippen LogP contribution in [0.4, 0.5) is 17.1 Å². The van der Waals surface area contributed by atoms with Gasteiger partial charge < -0.3 is 73.7 Å². The van der Waals surface area contributed by atoms with Crippen LogP contribution in [-0.2, 0) is 24.0 Å². The summed E-state index contributed by atoms with van der Waals surface area (Å²) in [6.07, 6.45) is 0.419. The molecule has 26 heteroatoms. The fourth-order valence-corrected chi connectivity index (χ4v) is 7.02. The molecule has 7 amide bonds. The van der Waals surface area contributed by atoms with E-state index in [-0.39, 0.29) is 93.4 Å². The van der Waals surface area contributed by atoms with Crippen LogP contribution < -0.4 is 69.8 Å². The number of carbonyl (C=O) groups is 7. The number of nitrogens with zero attached hydrogens (tertiary/aromatic N) is 3. The number of nitrogens with one attached hydrogen (secondary N) is 11. The molecule has 0 aliphatic rings. The molecule has 0 saturated heterocycles. The molecule has 3 aromatic carbocycles. The smallest absolute Gasteiger partial charge is 0.349 e. The normalized spacial score (nSPS) is 12.1. The minimum Gasteiger partial charge on any atom is -0.508 e. The first-order valence-corrected chi connectivity index (χ1v) is 23.9. The summed E-state index contributed by atoms with van der Waals surface area (Å²) < 4.78 is 5.22. The Labute approximate surface area is 432 Å². The summed E-state index contributed by atoms with van der Waals surface area (Å²) in [5.74, 6) is -6.06. The minimum atomic E-state index is -1.33. The molecule has 3 atom stereocenters. The second kappa shape index (κ2) is 29.4. The highest BCUT2D eigenvalue weighted by Crippen LogP contribution is 2.22. The number of amides is 7. The van der Waals surface area contributed by atoms with Crippen LogP contribution in [0.15, 0.2) is 92.2 Å². The summed E-state index contributed by atoms with van der Waals surface area (Å²) >= 11 is 0. The topological polar surface area (TPSA) is 406 Å². The lowest BCUT2D eigenvalue weighted by Gasteiger charge is -2.26. The van der Waals surface area contributed by atoms with E-state index >= 15 is 0 Å². The molecule has 0 fully saturated rings. The van der Waals surface area contributed by atoms with Gasteiger partial charge in [-0.25, -0.2) is 4.79 Å². The summed E-state index contributed by atoms with van der Waals surface area (Å²) in [5, 5.41) is 56.5. The van der Waals surface area contributed by atoms with E-state index in [9.17, 15) is 43.5 Å². The Hall–Kier alpha value is -9.10. The van der Waals surface area contributed by atoms with Gasteiger partial charge in [-0.3, -0.25) is 44.4 Å². The molecule has 0 radical (unpaired) electrons. The van der Waals surface area contributed by atoms with Crippen LogP contribution in [0.25, 0.3) is 11.0 Å². The summed E-state index contributed by atoms with van der Waals surface area (Å²) in [6, 6.07) is 15.3. The average molecular weight is 1040 g/mol. The third-order valence-corrected chi connectivity index (χ3v) is 10.9. The first-order chi connectivity index (χ1) is 35.7. The molecule has 0 spiro atoms. The number of nitrogens with two attached hydrogens (primary N) is 2. The largest absolute Gasteiger partial charge is 0.508 e. The summed E-state index contributed by atoms with van der Waals surface area (Å²) in [6.45, 7) is 2.93. The molecule has 0 aliphatic carbocycles. The van der Waals surface area contributed by atoms with Crippen molar-refractivity contribution < 1.29 is 43.1 Å². The Balaban J connectivity index is 1.30. The number of phenolic OH excluding ortho intramolecular Hbond substituents is 1. The molecule has 26 nitrogen and oxygen atoms in total. The van der Waals surface area contributed by atoms with Gasteiger partial charge >= 0.3 is 5.63 Å². The molecule has 16 N–H and O–H groups in total. The van der Waals surface area contributed by atoms with E-state index in [1.165, 1.54) is 24.3 Å². The van der Waals surface area contributed by atoms with Crippen LogP contribution >= 0.6 is 0 Å². The van der Waals surface area contributed by atoms with Gasteiger partial charge in [-0.2, -0.15) is 10.2 Å². The fourth-order valence-electron chi connectivity index (χ4n) is 7.02. The second-order valence-corrected chi connectivity index (χ2v) is 17.7. The Morgan fingerprint density at radius 1 is 0.627 bits per heavy atom. The standard InChI is InChI=1S/C49H66N16O10/c1-28(2)23-38(62-45(72)37(8-6-20-57-49(52)53)60-43(70)35-24-30-11-18-34(66)25-39(30)75-47(35)74)46(73)61-36(7-5-19-56-48(50)51)44(71)59-27-41(68)58-26-40(67)54-21-22-55-42(69)29-9-12-31(13-10-29)63-64-32-14-16-33(17-15-32)65(3)4/h9-18,24-25,28,36-38,66H,5-8,19-23,26-27H2,1-4H3,(H,54,67)(H,55,69)(H,58,68)(H,59,71)(H,60,70)(H,61,73)(H,62,72)(H4,50,51,56)(H4,52,53,57)/b64-63+/t36-,37-,38-/m0/s1. The monoisotopic (exact) mass is 1040 g/mol. The number of carbonyl (C=O) groups excluding carboxylic acids is 7. The SMILES string of the molecule is CC(C)C[C@H](NC(=O)[C@H](CCCNC(=N)N)NC(=O)c1cc2ccc(O)cc2oc1=O)C(=O)N[C@@H](CCCNC(=N)N)C(=O)NCC(=O)NCC(=O)NCCNC(=O)c1ccc(/N=N/c2ccc(N(C)C)cc2)cc1. The third kappa shape index (κ3) is 20.5. The summed E-state index contributed by atoms with van der Waals surface area (Å²) in [7, 11) is 3.88. The number of aromatic hydroxyl groups is 1. The molecular formula is C49H66N16O10. The molecule has 1 aromatic heterocycles. The van der Waals surface area contributed by atoms with E-state index in [0.29, 0.717) is 22.3 Å². The van der Waals surface area contributed by atoms with Gasteiger partial charge in [0.25, 0.3) is 11.8 Å². The number of azo groups is 1. The Kier molecular flexibility index (Phi) is 22.9. The van der Waals surface area contributed by atoms with Gasteiger partial charge in [0.05, 0.1) is 24.5 Å². The van der Waals surface area contributed by atoms with Crippen molar-refractivity contribution in [2.24, 2.45) is 27.6 Å². The number of fused-ring (bicyclic) bond motifs is 1. The maximum atomic E-state index is 14.0. The predicted molar refractivity (Wildman–Crippen MR) is 280 cm³/mol. The highest BCUT2D eigenvalue weighted by Gasteiger charge is 2.31. The molecule has 0 aliphatic heterocycles. The number of anilines is 1. The second-order valence-electron chi connectivity index (χ2n) is 17.7. The zero-order valence-corrected chi connectivity index (χ0v) is 42.1. The summed E-state index contributed by atoms with van der Waals surface area (Å²) in [5.41, 5.74) is 12.0. The molecule has 402 valence electrons. The van der Waals surface area contributed by atoms with Crippen molar-refractivity contribution in [3.63, 3.8) is 0 Å². The van der Waals surface area contributed by atoms with Crippen molar-refractivity contribution in [3.8, 4) is 5.75 Å². The first kappa shape index (κ1) is 58.5. The molecule has 0 saturated carbocycles. The van der Waals surface area contributed by atoms with Crippen LogP contribution in [0.3, 0.4) is 0 Å². The van der Waals surface area contributed by atoms with E-state index in [2.05, 4.69) is 58.1 Å². The molecule has 4 rings (SSSR count). The Morgan fingerprint density at radius 2 is 1.16 bits per heavy atom. The van der Waals surface area contributed by atoms with E-state index in [0.717, 1.165) is 5.69 Å². The first-order valence-electron chi connectivity index (χ1n) is 23.9. The number of guanidine groups is 2. The fraction of sp³-hybridized carbons (Fsp3) is 0.388. The van der Waals surface area contributed by atoms with Gasteiger partial charge in [0.1, 0.15) is 35.0 Å². The predicted octanol–water partition coefficient (Wildman–Crippen LogP) is 0.399. The number of hydrogen-bond donors (Lipinski definition) is 14. The van der Waals surface area contributed by atoms with Gasteiger partial charge in [-0.1, -0.05) is 13.8 Å². The van der Waals surface area contributed by atoms with Crippen LogP contribution in [0.2, 0.25) is 0 Å². The van der Waals surface area contributed by atoms with Crippen LogP contribution in [-0.4, -0.2) is 130 Å². The maximum absolute atomic E-state index is 14.0. The number of phenols is 1. The van der Waals surface area contributed by atoms with Crippen molar-refractivity contribution in [2.45, 2.75) is 64.1 Å². The van der Waals surface area contributed by atoms with E-state index < -0.39 is 77.8 Å². The van der Waals surface area contributed by atoms with Crippen molar-refractivity contribution in [2.75, 3.05) is 58.3 Å². The lowest BCUT2D eigenvalue weighted by Crippen LogP contribution is -2.57. The molecule has 0 unspecified atom stereocenters. The van der Waals surface area contributed by atoms with Crippen LogP contribution in [0.1, 0.15) is 66.7 Å². The minimum absolute atomic E-state index is 0.0130. The van der Waals surface area contributed by atoms with Gasteiger partial charge in [0.2, 0.25) is 29.5 Å². The van der Waals surface area contributed by atoms with Gasteiger partial charge in [-0.05, 0) is 105 Å². The van der Waals surface area contributed by atoms with Crippen LogP contribution in [0, 0.1) is 16.7 Å². The molecular weight excluding hydrogens is 973 g/mol. The summed E-state index contributed by atoms with van der Waals surface area (Å²) in [4.78, 5) is 108. The maximum Gasteiger partial charge on any atom is 0.349 e. The van der Waals surface area contributed by atoms with Crippen LogP contribution in [0.5, 0.6) is 5.75 Å². The van der Waals surface area contributed by atoms with Gasteiger partial charge in [0, 0.05) is 63.0 Å². The lowest BCUT2D eigenvalue weighted by molar-refractivity contribution is -0.133. The Bertz CT molecular complexity index is 2750. The lowest BCUT2D eigenvalue weighted by atomic mass is 10.0. The highest BCUT2D eigenvalue weighted by molar-refractivity contribution is 6.00. The Morgan fingerprint density at radius 3 is 1.75 bits per heavy atom. The molecule has 1 heterocycles. The van der Waals surface area contributed by atoms with E-state index in [1.54, 1.807) is 38.1 Å². The van der Waals surface area contributed by atoms with Crippen molar-refractivity contribution in [1.29, 1.82) is 10.8 Å². The third-order valence-electron chi connectivity index (χ3n) is 10.9. The quantitative estimate of drug-likeness (QED) is 0.0120. The highest BCUT2D eigenvalue weighted by atomic mass is 16.4. The number of hydrogen-bond acceptors (Lipinski definition) is 15. The number of rotatable bonds is 28. The number of benzene rings is 3. The van der Waals surface area contributed by atoms with Crippen molar-refractivity contribution in [1.82, 2.24) is 47.9 Å². The average Bonchev–Trinajstić information content (AvgIpc) is 3.36. The molecule has 0 bridgehead atoms. The van der Waals surface area contributed by atoms with Crippen molar-refractivity contribution >= 4 is 81.3 Å². The molecule has 4 aromatic rings. The van der Waals surface area contributed by atoms with E-state index in [1.807, 2.05) is 43.3 Å². The van der Waals surface area contributed by atoms with Crippen molar-refractivity contribution in [3.05, 3.63) is 94.3 Å². The zero-order chi connectivity index (χ0) is 55.0. The zero-order valence-electron chi connectivity index (χ0n) is 42.1. The molecule has 75 heavy (non-hydrogen) atoms. The van der Waals surface area contributed by atoms with E-state index in [4.69, 9.17) is 26.7 Å². The van der Waals surface area contributed by atoms with Gasteiger partial charge in [0.15, 0.2) is 11.9 Å².